The van der Waals surface area contributed by atoms with Crippen molar-refractivity contribution in [3.05, 3.63) is 82.5 Å². The molecule has 1 aromatic carbocycles. The zero-order valence-corrected chi connectivity index (χ0v) is 15.4. The fourth-order valence-corrected chi connectivity index (χ4v) is 3.85. The Hall–Kier alpha value is -2.15. The van der Waals surface area contributed by atoms with Crippen LogP contribution in [0.2, 0.25) is 0 Å². The van der Waals surface area contributed by atoms with Gasteiger partial charge >= 0.3 is 0 Å². The second-order valence-corrected chi connectivity index (χ2v) is 7.03. The summed E-state index contributed by atoms with van der Waals surface area (Å²) in [6.45, 7) is 4.40. The van der Waals surface area contributed by atoms with E-state index in [4.69, 9.17) is 0 Å². The molecule has 1 nitrogen and oxygen atoms in total. The summed E-state index contributed by atoms with van der Waals surface area (Å²) in [6, 6.07) is 8.46. The highest BCUT2D eigenvalue weighted by Crippen LogP contribution is 2.38. The van der Waals surface area contributed by atoms with Crippen molar-refractivity contribution in [2.24, 2.45) is 5.92 Å². The Kier molecular flexibility index (Phi) is 5.86. The lowest BCUT2D eigenvalue weighted by atomic mass is 9.85. The van der Waals surface area contributed by atoms with Gasteiger partial charge in [0.1, 0.15) is 5.78 Å². The average molecular weight is 332 g/mol. The number of aryl methyl sites for hydroxylation is 1. The van der Waals surface area contributed by atoms with Crippen LogP contribution in [-0.4, -0.2) is 5.78 Å². The number of Topliss-reactive ketones (excluding diaryl/α,β-unsaturated/α-hetero) is 1. The summed E-state index contributed by atoms with van der Waals surface area (Å²) in [5.41, 5.74) is 6.80. The summed E-state index contributed by atoms with van der Waals surface area (Å²) in [6.07, 6.45) is 16.4. The number of hydrogen-bond acceptors (Lipinski definition) is 1. The van der Waals surface area contributed by atoms with E-state index in [1.54, 1.807) is 0 Å². The smallest absolute Gasteiger partial charge is 0.137 e. The minimum atomic E-state index is 0.343. The average Bonchev–Trinajstić information content (AvgIpc) is 3.29. The molecule has 0 spiro atoms. The third-order valence-corrected chi connectivity index (χ3v) is 5.38. The molecular weight excluding hydrogens is 304 g/mol. The molecule has 1 aromatic rings. The van der Waals surface area contributed by atoms with Crippen LogP contribution in [0.15, 0.2) is 71.4 Å². The molecule has 0 saturated carbocycles. The van der Waals surface area contributed by atoms with Gasteiger partial charge in [-0.2, -0.15) is 0 Å². The Labute approximate surface area is 151 Å². The van der Waals surface area contributed by atoms with Crippen molar-refractivity contribution in [2.45, 2.75) is 52.4 Å². The van der Waals surface area contributed by atoms with E-state index in [0.717, 1.165) is 31.2 Å². The Balaban J connectivity index is 1.52. The number of hydrogen-bond donors (Lipinski definition) is 0. The molecule has 0 radical (unpaired) electrons. The van der Waals surface area contributed by atoms with Crippen molar-refractivity contribution in [3.63, 3.8) is 0 Å². The lowest BCUT2D eigenvalue weighted by Gasteiger charge is -2.18. The molecule has 1 heteroatoms. The van der Waals surface area contributed by atoms with Crippen LogP contribution in [0, 0.1) is 5.92 Å². The van der Waals surface area contributed by atoms with Gasteiger partial charge in [0, 0.05) is 18.8 Å². The fourth-order valence-electron chi connectivity index (χ4n) is 3.85. The molecule has 3 rings (SSSR count). The molecule has 25 heavy (non-hydrogen) atoms. The van der Waals surface area contributed by atoms with Gasteiger partial charge in [-0.3, -0.25) is 4.79 Å². The van der Waals surface area contributed by atoms with E-state index >= 15 is 0 Å². The van der Waals surface area contributed by atoms with Crippen molar-refractivity contribution in [1.29, 1.82) is 0 Å². The first-order valence-corrected chi connectivity index (χ1v) is 9.57. The van der Waals surface area contributed by atoms with Crippen molar-refractivity contribution in [3.8, 4) is 0 Å². The molecule has 1 unspecified atom stereocenters. The second kappa shape index (κ2) is 8.29. The van der Waals surface area contributed by atoms with E-state index in [0.29, 0.717) is 24.5 Å². The van der Waals surface area contributed by atoms with E-state index in [1.807, 2.05) is 0 Å². The molecule has 0 aromatic heterocycles. The number of rotatable bonds is 8. The van der Waals surface area contributed by atoms with Crippen LogP contribution >= 0.6 is 0 Å². The minimum Gasteiger partial charge on any atom is -0.299 e. The number of ketones is 1. The van der Waals surface area contributed by atoms with Crippen LogP contribution in [-0.2, 0) is 17.6 Å². The minimum absolute atomic E-state index is 0.343. The molecule has 0 amide bonds. The largest absolute Gasteiger partial charge is 0.299 e. The summed E-state index contributed by atoms with van der Waals surface area (Å²) >= 11 is 0. The van der Waals surface area contributed by atoms with Gasteiger partial charge in [-0.05, 0) is 48.0 Å². The molecule has 1 atom stereocenters. The summed E-state index contributed by atoms with van der Waals surface area (Å²) in [4.78, 5) is 12.4. The zero-order valence-electron chi connectivity index (χ0n) is 15.4. The standard InChI is InChI=1S/C24H28O/c1-3-18-9-11-19(12-10-18)17-22(25)15-13-21-14-16-24(23(21)4-2)20-7-5-6-8-20/h5-7,9-12,14,16,23H,3-4,8,13,15,17H2,1-2H3. The van der Waals surface area contributed by atoms with E-state index in [-0.39, 0.29) is 0 Å². The van der Waals surface area contributed by atoms with Crippen LogP contribution in [0.3, 0.4) is 0 Å². The monoisotopic (exact) mass is 332 g/mol. The normalized spacial score (nSPS) is 19.0. The van der Waals surface area contributed by atoms with Gasteiger partial charge < -0.3 is 0 Å². The van der Waals surface area contributed by atoms with E-state index in [9.17, 15) is 4.79 Å². The Morgan fingerprint density at radius 2 is 1.80 bits per heavy atom. The molecular formula is C24H28O. The van der Waals surface area contributed by atoms with Crippen LogP contribution in [0.1, 0.15) is 50.7 Å². The fraction of sp³-hybridized carbons (Fsp3) is 0.375. The predicted molar refractivity (Wildman–Crippen MR) is 106 cm³/mol. The molecule has 0 heterocycles. The molecule has 0 aliphatic heterocycles. The highest BCUT2D eigenvalue weighted by Gasteiger charge is 2.24. The summed E-state index contributed by atoms with van der Waals surface area (Å²) in [7, 11) is 0. The summed E-state index contributed by atoms with van der Waals surface area (Å²) in [5.74, 6) is 0.845. The highest BCUT2D eigenvalue weighted by molar-refractivity contribution is 5.81. The van der Waals surface area contributed by atoms with Crippen molar-refractivity contribution in [2.75, 3.05) is 0 Å². The van der Waals surface area contributed by atoms with Crippen LogP contribution in [0.5, 0.6) is 0 Å². The first-order valence-electron chi connectivity index (χ1n) is 9.57. The van der Waals surface area contributed by atoms with Crippen molar-refractivity contribution in [1.82, 2.24) is 0 Å². The van der Waals surface area contributed by atoms with Gasteiger partial charge in [-0.25, -0.2) is 0 Å². The Morgan fingerprint density at radius 1 is 1.04 bits per heavy atom. The molecule has 2 aliphatic rings. The second-order valence-electron chi connectivity index (χ2n) is 7.03. The Morgan fingerprint density at radius 3 is 2.44 bits per heavy atom. The van der Waals surface area contributed by atoms with E-state index in [1.165, 1.54) is 22.3 Å². The number of carbonyl (C=O) groups is 1. The topological polar surface area (TPSA) is 17.1 Å². The van der Waals surface area contributed by atoms with E-state index in [2.05, 4.69) is 68.5 Å². The van der Waals surface area contributed by atoms with Gasteiger partial charge in [0.15, 0.2) is 0 Å². The third-order valence-electron chi connectivity index (χ3n) is 5.38. The number of benzene rings is 1. The van der Waals surface area contributed by atoms with Gasteiger partial charge in [0.05, 0.1) is 0 Å². The van der Waals surface area contributed by atoms with Crippen LogP contribution < -0.4 is 0 Å². The summed E-state index contributed by atoms with van der Waals surface area (Å²) < 4.78 is 0. The zero-order chi connectivity index (χ0) is 17.6. The van der Waals surface area contributed by atoms with Crippen LogP contribution in [0.4, 0.5) is 0 Å². The maximum absolute atomic E-state index is 12.4. The van der Waals surface area contributed by atoms with Crippen LogP contribution in [0.25, 0.3) is 0 Å². The SMILES string of the molecule is CCc1ccc(CC(=O)CCC2=CC=C(C3=CC=CC3)C2CC)cc1. The van der Waals surface area contributed by atoms with Gasteiger partial charge in [-0.1, -0.05) is 74.1 Å². The molecule has 0 N–H and O–H groups in total. The number of allylic oxidation sites excluding steroid dienone is 8. The molecule has 0 bridgehead atoms. The highest BCUT2D eigenvalue weighted by atomic mass is 16.1. The number of carbonyl (C=O) groups excluding carboxylic acids is 1. The quantitative estimate of drug-likeness (QED) is 0.577. The lowest BCUT2D eigenvalue weighted by molar-refractivity contribution is -0.118. The maximum Gasteiger partial charge on any atom is 0.137 e. The van der Waals surface area contributed by atoms with Gasteiger partial charge in [-0.15, -0.1) is 0 Å². The maximum atomic E-state index is 12.4. The van der Waals surface area contributed by atoms with Gasteiger partial charge in [0.2, 0.25) is 0 Å². The predicted octanol–water partition coefficient (Wildman–Crippen LogP) is 5.92. The molecule has 130 valence electrons. The first kappa shape index (κ1) is 17.7. The summed E-state index contributed by atoms with van der Waals surface area (Å²) in [5, 5.41) is 0. The first-order chi connectivity index (χ1) is 12.2. The van der Waals surface area contributed by atoms with Crippen molar-refractivity contribution >= 4 is 5.78 Å². The van der Waals surface area contributed by atoms with Crippen molar-refractivity contribution < 1.29 is 4.79 Å². The molecule has 0 fully saturated rings. The lowest BCUT2D eigenvalue weighted by Crippen LogP contribution is -2.08. The molecule has 2 aliphatic carbocycles. The third kappa shape index (κ3) is 4.28. The van der Waals surface area contributed by atoms with Gasteiger partial charge in [0.25, 0.3) is 0 Å². The van der Waals surface area contributed by atoms with E-state index < -0.39 is 0 Å². The Bertz CT molecular complexity index is 741. The molecule has 0 saturated heterocycles.